The van der Waals surface area contributed by atoms with Crippen molar-refractivity contribution in [2.24, 2.45) is 0 Å². The van der Waals surface area contributed by atoms with Crippen LogP contribution in [0.5, 0.6) is 17.4 Å². The van der Waals surface area contributed by atoms with Crippen LogP contribution in [-0.2, 0) is 4.79 Å². The molecule has 1 aliphatic rings. The van der Waals surface area contributed by atoms with E-state index in [-0.39, 0.29) is 5.91 Å². The first-order valence-corrected chi connectivity index (χ1v) is 7.78. The monoisotopic (exact) mass is 333 g/mol. The summed E-state index contributed by atoms with van der Waals surface area (Å²) in [6.07, 6.45) is 5.06. The van der Waals surface area contributed by atoms with E-state index < -0.39 is 6.10 Å². The Kier molecular flexibility index (Phi) is 4.92. The Morgan fingerprint density at radius 2 is 1.96 bits per heavy atom. The molecule has 1 aromatic heterocycles. The van der Waals surface area contributed by atoms with Crippen molar-refractivity contribution in [1.29, 1.82) is 0 Å². The van der Waals surface area contributed by atoms with E-state index in [1.165, 1.54) is 12.5 Å². The fraction of sp³-hybridized carbons (Fsp3) is 0.312. The van der Waals surface area contributed by atoms with Crippen LogP contribution >= 0.6 is 11.6 Å². The summed E-state index contributed by atoms with van der Waals surface area (Å²) in [5, 5.41) is 3.18. The van der Waals surface area contributed by atoms with Crippen molar-refractivity contribution in [3.05, 3.63) is 41.8 Å². The molecule has 1 aliphatic heterocycles. The predicted octanol–water partition coefficient (Wildman–Crippen LogP) is 2.97. The largest absolute Gasteiger partial charge is 0.481 e. The lowest BCUT2D eigenvalue weighted by atomic mass is 10.2. The van der Waals surface area contributed by atoms with Gasteiger partial charge < -0.3 is 14.8 Å². The zero-order chi connectivity index (χ0) is 16.1. The Morgan fingerprint density at radius 1 is 1.17 bits per heavy atom. The van der Waals surface area contributed by atoms with Crippen LogP contribution in [0.25, 0.3) is 0 Å². The van der Waals surface area contributed by atoms with Crippen LogP contribution in [0.2, 0.25) is 5.02 Å². The lowest BCUT2D eigenvalue weighted by Crippen LogP contribution is -2.36. The van der Waals surface area contributed by atoms with Gasteiger partial charge >= 0.3 is 0 Å². The minimum Gasteiger partial charge on any atom is -0.481 e. The molecule has 3 rings (SSSR count). The minimum atomic E-state index is -0.444. The topological polar surface area (TPSA) is 73.3 Å². The molecule has 0 spiro atoms. The van der Waals surface area contributed by atoms with Gasteiger partial charge in [0.1, 0.15) is 22.8 Å². The highest BCUT2D eigenvalue weighted by molar-refractivity contribution is 6.31. The lowest BCUT2D eigenvalue weighted by Gasteiger charge is -2.16. The molecule has 0 radical (unpaired) electrons. The summed E-state index contributed by atoms with van der Waals surface area (Å²) in [4.78, 5) is 19.6. The molecule has 1 aromatic carbocycles. The van der Waals surface area contributed by atoms with E-state index in [0.717, 1.165) is 19.3 Å². The number of aromatic nitrogens is 2. The van der Waals surface area contributed by atoms with Crippen molar-refractivity contribution in [3.8, 4) is 17.4 Å². The molecule has 1 atom stereocenters. The number of rotatable bonds is 4. The molecule has 120 valence electrons. The summed E-state index contributed by atoms with van der Waals surface area (Å²) in [7, 11) is 0. The van der Waals surface area contributed by atoms with Crippen molar-refractivity contribution in [3.63, 3.8) is 0 Å². The van der Waals surface area contributed by atoms with Crippen LogP contribution in [0, 0.1) is 0 Å². The van der Waals surface area contributed by atoms with Crippen molar-refractivity contribution < 1.29 is 14.3 Å². The third kappa shape index (κ3) is 4.10. The van der Waals surface area contributed by atoms with Gasteiger partial charge in [-0.05, 0) is 43.5 Å². The molecular formula is C16H16ClN3O3. The quantitative estimate of drug-likeness (QED) is 0.931. The maximum Gasteiger partial charge on any atom is 0.261 e. The molecule has 0 saturated carbocycles. The molecule has 1 saturated heterocycles. The highest BCUT2D eigenvalue weighted by atomic mass is 35.5. The zero-order valence-corrected chi connectivity index (χ0v) is 13.1. The average Bonchev–Trinajstić information content (AvgIpc) is 2.76. The van der Waals surface area contributed by atoms with Crippen LogP contribution in [-0.4, -0.2) is 28.5 Å². The van der Waals surface area contributed by atoms with E-state index >= 15 is 0 Å². The van der Waals surface area contributed by atoms with E-state index in [1.807, 2.05) is 0 Å². The summed E-state index contributed by atoms with van der Waals surface area (Å²) in [6.45, 7) is 0.713. The van der Waals surface area contributed by atoms with E-state index in [2.05, 4.69) is 15.3 Å². The first-order valence-electron chi connectivity index (χ1n) is 7.40. The smallest absolute Gasteiger partial charge is 0.261 e. The Hall–Kier alpha value is -2.34. The Balaban J connectivity index is 1.65. The molecule has 23 heavy (non-hydrogen) atoms. The molecule has 7 heteroatoms. The van der Waals surface area contributed by atoms with E-state index in [1.54, 1.807) is 24.3 Å². The number of hydrogen-bond donors (Lipinski definition) is 1. The first kappa shape index (κ1) is 15.6. The van der Waals surface area contributed by atoms with Crippen molar-refractivity contribution in [1.82, 2.24) is 15.3 Å². The summed E-state index contributed by atoms with van der Waals surface area (Å²) in [5.41, 5.74) is 0. The van der Waals surface area contributed by atoms with Gasteiger partial charge in [0.05, 0.1) is 6.20 Å². The van der Waals surface area contributed by atoms with Gasteiger partial charge in [0.15, 0.2) is 6.10 Å². The van der Waals surface area contributed by atoms with Crippen LogP contribution < -0.4 is 14.8 Å². The maximum absolute atomic E-state index is 11.9. The van der Waals surface area contributed by atoms with Gasteiger partial charge in [-0.3, -0.25) is 4.79 Å². The number of hydrogen-bond acceptors (Lipinski definition) is 5. The number of carbonyl (C=O) groups excluding carboxylic acids is 1. The number of carbonyl (C=O) groups is 1. The van der Waals surface area contributed by atoms with Gasteiger partial charge in [0.25, 0.3) is 5.91 Å². The second-order valence-electron chi connectivity index (χ2n) is 5.14. The van der Waals surface area contributed by atoms with Crippen molar-refractivity contribution in [2.45, 2.75) is 25.4 Å². The predicted molar refractivity (Wildman–Crippen MR) is 84.8 cm³/mol. The van der Waals surface area contributed by atoms with Gasteiger partial charge in [-0.2, -0.15) is 0 Å². The SMILES string of the molecule is O=C1NCCCCC1Oc1ccc(Oc2ncncc2Cl)cc1. The standard InChI is InChI=1S/C16H16ClN3O3/c17-13-9-18-10-20-16(13)23-12-6-4-11(5-7-12)22-14-3-1-2-8-19-15(14)21/h4-7,9-10,14H,1-3,8H2,(H,19,21). The number of amides is 1. The highest BCUT2D eigenvalue weighted by Crippen LogP contribution is 2.27. The normalized spacial score (nSPS) is 18.0. The first-order chi connectivity index (χ1) is 11.2. The molecule has 0 aliphatic carbocycles. The zero-order valence-electron chi connectivity index (χ0n) is 12.4. The average molecular weight is 334 g/mol. The third-order valence-corrected chi connectivity index (χ3v) is 3.69. The van der Waals surface area contributed by atoms with Crippen molar-refractivity contribution >= 4 is 17.5 Å². The van der Waals surface area contributed by atoms with Crippen LogP contribution in [0.3, 0.4) is 0 Å². The van der Waals surface area contributed by atoms with Crippen LogP contribution in [0.1, 0.15) is 19.3 Å². The molecule has 1 amide bonds. The lowest BCUT2D eigenvalue weighted by molar-refractivity contribution is -0.127. The molecule has 1 N–H and O–H groups in total. The van der Waals surface area contributed by atoms with Gasteiger partial charge in [0, 0.05) is 6.54 Å². The van der Waals surface area contributed by atoms with Crippen LogP contribution in [0.15, 0.2) is 36.8 Å². The van der Waals surface area contributed by atoms with Gasteiger partial charge in [0.2, 0.25) is 5.88 Å². The molecular weight excluding hydrogens is 318 g/mol. The maximum atomic E-state index is 11.9. The number of nitrogens with one attached hydrogen (secondary N) is 1. The third-order valence-electron chi connectivity index (χ3n) is 3.44. The molecule has 2 heterocycles. The summed E-state index contributed by atoms with van der Waals surface area (Å²) in [6, 6.07) is 6.98. The highest BCUT2D eigenvalue weighted by Gasteiger charge is 2.22. The molecule has 2 aromatic rings. The van der Waals surface area contributed by atoms with E-state index in [9.17, 15) is 4.79 Å². The second kappa shape index (κ2) is 7.28. The molecule has 6 nitrogen and oxygen atoms in total. The number of benzene rings is 1. The van der Waals surface area contributed by atoms with E-state index in [0.29, 0.717) is 28.9 Å². The fourth-order valence-corrected chi connectivity index (χ4v) is 2.41. The summed E-state index contributed by atoms with van der Waals surface area (Å²) >= 11 is 5.95. The summed E-state index contributed by atoms with van der Waals surface area (Å²) < 4.78 is 11.3. The van der Waals surface area contributed by atoms with Gasteiger partial charge in [-0.15, -0.1) is 0 Å². The Bertz CT molecular complexity index is 679. The Morgan fingerprint density at radius 3 is 2.74 bits per heavy atom. The number of nitrogens with zero attached hydrogens (tertiary/aromatic N) is 2. The van der Waals surface area contributed by atoms with Crippen LogP contribution in [0.4, 0.5) is 0 Å². The second-order valence-corrected chi connectivity index (χ2v) is 5.55. The van der Waals surface area contributed by atoms with Gasteiger partial charge in [-0.25, -0.2) is 9.97 Å². The molecule has 0 bridgehead atoms. The number of ether oxygens (including phenoxy) is 2. The summed E-state index contributed by atoms with van der Waals surface area (Å²) in [5.74, 6) is 1.42. The molecule has 1 fully saturated rings. The fourth-order valence-electron chi connectivity index (χ4n) is 2.26. The van der Waals surface area contributed by atoms with E-state index in [4.69, 9.17) is 21.1 Å². The minimum absolute atomic E-state index is 0.0596. The van der Waals surface area contributed by atoms with Crippen molar-refractivity contribution in [2.75, 3.05) is 6.54 Å². The Labute approximate surface area is 138 Å². The number of halogens is 1. The van der Waals surface area contributed by atoms with Gasteiger partial charge in [-0.1, -0.05) is 11.6 Å². The molecule has 1 unspecified atom stereocenters.